The second-order valence-electron chi connectivity index (χ2n) is 3.63. The molecular formula is C11H9ClFN3O2S. The highest BCUT2D eigenvalue weighted by molar-refractivity contribution is 7.92. The van der Waals surface area contributed by atoms with Crippen LogP contribution in [0.25, 0.3) is 0 Å². The zero-order valence-corrected chi connectivity index (χ0v) is 11.0. The number of nitrogens with two attached hydrogens (primary N) is 1. The van der Waals surface area contributed by atoms with Crippen molar-refractivity contribution >= 4 is 33.1 Å². The first-order valence-electron chi connectivity index (χ1n) is 5.09. The first-order chi connectivity index (χ1) is 8.88. The minimum Gasteiger partial charge on any atom is -0.398 e. The van der Waals surface area contributed by atoms with Crippen LogP contribution in [0, 0.1) is 5.82 Å². The predicted octanol–water partition coefficient (Wildman–Crippen LogP) is 2.26. The summed E-state index contributed by atoms with van der Waals surface area (Å²) in [4.78, 5) is 3.42. The summed E-state index contributed by atoms with van der Waals surface area (Å²) >= 11 is 5.65. The van der Waals surface area contributed by atoms with Gasteiger partial charge in [-0.3, -0.25) is 4.72 Å². The van der Waals surface area contributed by atoms with Gasteiger partial charge in [0.05, 0.1) is 5.69 Å². The van der Waals surface area contributed by atoms with Gasteiger partial charge in [0, 0.05) is 0 Å². The lowest BCUT2D eigenvalue weighted by Gasteiger charge is -2.09. The first-order valence-corrected chi connectivity index (χ1v) is 6.95. The molecule has 0 amide bonds. The Morgan fingerprint density at radius 3 is 2.68 bits per heavy atom. The summed E-state index contributed by atoms with van der Waals surface area (Å²) in [5, 5.41) is 0.132. The van der Waals surface area contributed by atoms with E-state index in [1.807, 2.05) is 0 Å². The first kappa shape index (κ1) is 13.6. The molecule has 1 aromatic carbocycles. The smallest absolute Gasteiger partial charge is 0.265 e. The average Bonchev–Trinajstić information content (AvgIpc) is 2.31. The van der Waals surface area contributed by atoms with Gasteiger partial charge in [0.1, 0.15) is 21.7 Å². The molecule has 0 aliphatic carbocycles. The van der Waals surface area contributed by atoms with Crippen molar-refractivity contribution in [2.24, 2.45) is 0 Å². The van der Waals surface area contributed by atoms with Crippen molar-refractivity contribution in [1.82, 2.24) is 4.98 Å². The van der Waals surface area contributed by atoms with Crippen LogP contribution in [-0.4, -0.2) is 13.4 Å². The Kier molecular flexibility index (Phi) is 3.59. The number of halogens is 2. The molecule has 0 atom stereocenters. The van der Waals surface area contributed by atoms with Gasteiger partial charge in [-0.25, -0.2) is 17.8 Å². The van der Waals surface area contributed by atoms with Crippen molar-refractivity contribution in [3.05, 3.63) is 47.4 Å². The number of hydrogen-bond donors (Lipinski definition) is 2. The molecule has 8 heteroatoms. The largest absolute Gasteiger partial charge is 0.398 e. The topological polar surface area (TPSA) is 85.1 Å². The highest BCUT2D eigenvalue weighted by atomic mass is 35.5. The molecule has 0 fully saturated rings. The van der Waals surface area contributed by atoms with Crippen LogP contribution in [0.4, 0.5) is 15.9 Å². The zero-order chi connectivity index (χ0) is 14.0. The SMILES string of the molecule is Nc1ccc(F)cc1S(=O)(=O)Nc1cccc(Cl)n1. The number of rotatable bonds is 3. The molecule has 100 valence electrons. The Balaban J connectivity index is 2.40. The second-order valence-corrected chi connectivity index (χ2v) is 5.67. The van der Waals surface area contributed by atoms with E-state index in [0.29, 0.717) is 0 Å². The lowest BCUT2D eigenvalue weighted by Crippen LogP contribution is -2.15. The van der Waals surface area contributed by atoms with Crippen LogP contribution < -0.4 is 10.5 Å². The summed E-state index contributed by atoms with van der Waals surface area (Å²) < 4.78 is 39.4. The van der Waals surface area contributed by atoms with E-state index in [-0.39, 0.29) is 21.6 Å². The number of aromatic nitrogens is 1. The second kappa shape index (κ2) is 5.02. The van der Waals surface area contributed by atoms with E-state index in [9.17, 15) is 12.8 Å². The van der Waals surface area contributed by atoms with Crippen LogP contribution in [0.15, 0.2) is 41.3 Å². The third-order valence-corrected chi connectivity index (χ3v) is 3.84. The maximum absolute atomic E-state index is 13.1. The predicted molar refractivity (Wildman–Crippen MR) is 70.9 cm³/mol. The summed E-state index contributed by atoms with van der Waals surface area (Å²) in [6.07, 6.45) is 0. The van der Waals surface area contributed by atoms with Gasteiger partial charge in [0.25, 0.3) is 10.0 Å². The Morgan fingerprint density at radius 2 is 2.00 bits per heavy atom. The maximum atomic E-state index is 13.1. The van der Waals surface area contributed by atoms with Gasteiger partial charge < -0.3 is 5.73 Å². The molecule has 3 N–H and O–H groups in total. The van der Waals surface area contributed by atoms with E-state index >= 15 is 0 Å². The van der Waals surface area contributed by atoms with Crippen LogP contribution in [0.2, 0.25) is 5.15 Å². The van der Waals surface area contributed by atoms with Crippen molar-refractivity contribution in [3.8, 4) is 0 Å². The number of nitrogens with zero attached hydrogens (tertiary/aromatic N) is 1. The summed E-state index contributed by atoms with van der Waals surface area (Å²) in [6.45, 7) is 0. The van der Waals surface area contributed by atoms with Crippen LogP contribution in [-0.2, 0) is 10.0 Å². The Hall–Kier alpha value is -1.86. The number of hydrogen-bond acceptors (Lipinski definition) is 4. The maximum Gasteiger partial charge on any atom is 0.265 e. The zero-order valence-electron chi connectivity index (χ0n) is 9.47. The minimum atomic E-state index is -4.02. The average molecular weight is 302 g/mol. The third kappa shape index (κ3) is 3.12. The molecule has 1 heterocycles. The van der Waals surface area contributed by atoms with Crippen molar-refractivity contribution in [1.29, 1.82) is 0 Å². The van der Waals surface area contributed by atoms with Gasteiger partial charge in [0.2, 0.25) is 0 Å². The third-order valence-electron chi connectivity index (χ3n) is 2.22. The van der Waals surface area contributed by atoms with Gasteiger partial charge in [0.15, 0.2) is 0 Å². The van der Waals surface area contributed by atoms with Gasteiger partial charge >= 0.3 is 0 Å². The van der Waals surface area contributed by atoms with Crippen LogP contribution in [0.5, 0.6) is 0 Å². The molecule has 0 radical (unpaired) electrons. The number of anilines is 2. The Bertz CT molecular complexity index is 722. The van der Waals surface area contributed by atoms with E-state index in [1.165, 1.54) is 24.3 Å². The van der Waals surface area contributed by atoms with Crippen LogP contribution in [0.3, 0.4) is 0 Å². The number of pyridine rings is 1. The number of nitrogen functional groups attached to an aromatic ring is 1. The van der Waals surface area contributed by atoms with Crippen molar-refractivity contribution in [2.75, 3.05) is 10.5 Å². The molecule has 2 aromatic rings. The molecule has 0 aliphatic heterocycles. The molecule has 19 heavy (non-hydrogen) atoms. The molecule has 0 saturated carbocycles. The normalized spacial score (nSPS) is 11.3. The van der Waals surface area contributed by atoms with Gasteiger partial charge in [-0.05, 0) is 30.3 Å². The Labute approximate surface area is 114 Å². The van der Waals surface area contributed by atoms with E-state index in [4.69, 9.17) is 17.3 Å². The standard InChI is InChI=1S/C11H9ClFN3O2S/c12-10-2-1-3-11(15-10)16-19(17,18)9-6-7(13)4-5-8(9)14/h1-6H,14H2,(H,15,16). The summed E-state index contributed by atoms with van der Waals surface area (Å²) in [7, 11) is -4.02. The highest BCUT2D eigenvalue weighted by Gasteiger charge is 2.19. The molecule has 0 bridgehead atoms. The molecule has 0 saturated heterocycles. The van der Waals surface area contributed by atoms with Crippen LogP contribution in [0.1, 0.15) is 0 Å². The molecule has 1 aromatic heterocycles. The molecule has 0 aliphatic rings. The van der Waals surface area contributed by atoms with E-state index < -0.39 is 15.8 Å². The number of benzene rings is 1. The van der Waals surface area contributed by atoms with E-state index in [0.717, 1.165) is 12.1 Å². The fourth-order valence-electron chi connectivity index (χ4n) is 1.40. The number of nitrogens with one attached hydrogen (secondary N) is 1. The fourth-order valence-corrected chi connectivity index (χ4v) is 2.71. The minimum absolute atomic E-state index is 0.0242. The summed E-state index contributed by atoms with van der Waals surface area (Å²) in [5.74, 6) is -0.676. The molecule has 0 unspecified atom stereocenters. The molecule has 5 nitrogen and oxygen atoms in total. The quantitative estimate of drug-likeness (QED) is 0.672. The van der Waals surface area contributed by atoms with Gasteiger partial charge in [-0.1, -0.05) is 17.7 Å². The monoisotopic (exact) mass is 301 g/mol. The van der Waals surface area contributed by atoms with Crippen LogP contribution >= 0.6 is 11.6 Å². The summed E-state index contributed by atoms with van der Waals surface area (Å²) in [5.41, 5.74) is 5.47. The van der Waals surface area contributed by atoms with Gasteiger partial charge in [-0.15, -0.1) is 0 Å². The highest BCUT2D eigenvalue weighted by Crippen LogP contribution is 2.22. The van der Waals surface area contributed by atoms with Crippen molar-refractivity contribution in [2.45, 2.75) is 4.90 Å². The lowest BCUT2D eigenvalue weighted by atomic mass is 10.3. The lowest BCUT2D eigenvalue weighted by molar-refractivity contribution is 0.596. The molecule has 2 rings (SSSR count). The number of sulfonamides is 1. The van der Waals surface area contributed by atoms with Crippen molar-refractivity contribution < 1.29 is 12.8 Å². The Morgan fingerprint density at radius 1 is 1.26 bits per heavy atom. The van der Waals surface area contributed by atoms with Gasteiger partial charge in [-0.2, -0.15) is 0 Å². The molecular weight excluding hydrogens is 293 g/mol. The molecule has 0 spiro atoms. The summed E-state index contributed by atoms with van der Waals surface area (Å²) in [6, 6.07) is 7.53. The van der Waals surface area contributed by atoms with E-state index in [2.05, 4.69) is 9.71 Å². The van der Waals surface area contributed by atoms with E-state index in [1.54, 1.807) is 0 Å². The fraction of sp³-hybridized carbons (Fsp3) is 0. The van der Waals surface area contributed by atoms with Crippen molar-refractivity contribution in [3.63, 3.8) is 0 Å².